The molecule has 7 nitrogen and oxygen atoms in total. The summed E-state index contributed by atoms with van der Waals surface area (Å²) in [6.07, 6.45) is 0.105. The predicted octanol–water partition coefficient (Wildman–Crippen LogP) is 3.92. The van der Waals surface area contributed by atoms with Gasteiger partial charge in [-0.1, -0.05) is 69.3 Å². The van der Waals surface area contributed by atoms with Crippen molar-refractivity contribution in [2.75, 3.05) is 13.2 Å². The van der Waals surface area contributed by atoms with Gasteiger partial charge in [0.1, 0.15) is 12.6 Å². The number of carboxylic acids is 1. The SMILES string of the molecule is CC[C@@H](NC(=O)C(C)(C)CCNC(=O)OCC1c2ccccc2-c2ccccc21)C(=O)O. The summed E-state index contributed by atoms with van der Waals surface area (Å²) in [7, 11) is 0. The molecule has 0 heterocycles. The van der Waals surface area contributed by atoms with E-state index in [1.165, 1.54) is 0 Å². The summed E-state index contributed by atoms with van der Waals surface area (Å²) >= 11 is 0. The lowest BCUT2D eigenvalue weighted by Crippen LogP contribution is -2.47. The lowest BCUT2D eigenvalue weighted by molar-refractivity contribution is -0.143. The minimum absolute atomic E-state index is 0.0163. The summed E-state index contributed by atoms with van der Waals surface area (Å²) < 4.78 is 5.50. The number of amides is 2. The van der Waals surface area contributed by atoms with Crippen molar-refractivity contribution in [1.82, 2.24) is 10.6 Å². The Kier molecular flexibility index (Phi) is 7.18. The number of carboxylic acid groups (broad SMARTS) is 1. The van der Waals surface area contributed by atoms with E-state index in [1.807, 2.05) is 24.3 Å². The highest BCUT2D eigenvalue weighted by molar-refractivity contribution is 5.87. The average Bonchev–Trinajstić information content (AvgIpc) is 3.09. The maximum atomic E-state index is 12.4. The summed E-state index contributed by atoms with van der Waals surface area (Å²) in [6, 6.07) is 15.3. The van der Waals surface area contributed by atoms with E-state index in [9.17, 15) is 14.4 Å². The quantitative estimate of drug-likeness (QED) is 0.550. The van der Waals surface area contributed by atoms with Crippen LogP contribution in [0.4, 0.5) is 4.79 Å². The van der Waals surface area contributed by atoms with Crippen LogP contribution in [-0.4, -0.2) is 42.3 Å². The molecule has 0 aliphatic heterocycles. The first-order valence-electron chi connectivity index (χ1n) is 10.9. The van der Waals surface area contributed by atoms with Gasteiger partial charge in [-0.3, -0.25) is 4.79 Å². The van der Waals surface area contributed by atoms with Gasteiger partial charge in [0, 0.05) is 17.9 Å². The number of carbonyl (C=O) groups excluding carboxylic acids is 2. The van der Waals surface area contributed by atoms with Crippen molar-refractivity contribution in [2.24, 2.45) is 5.41 Å². The van der Waals surface area contributed by atoms with Crippen LogP contribution >= 0.6 is 0 Å². The zero-order chi connectivity index (χ0) is 23.3. The van der Waals surface area contributed by atoms with Crippen LogP contribution in [0, 0.1) is 5.41 Å². The van der Waals surface area contributed by atoms with Crippen molar-refractivity contribution in [1.29, 1.82) is 0 Å². The summed E-state index contributed by atoms with van der Waals surface area (Å²) in [6.45, 7) is 5.60. The molecule has 3 N–H and O–H groups in total. The normalized spacial score (nSPS) is 13.6. The third-order valence-corrected chi connectivity index (χ3v) is 5.99. The Morgan fingerprint density at radius 3 is 2.12 bits per heavy atom. The van der Waals surface area contributed by atoms with Crippen LogP contribution in [0.25, 0.3) is 11.1 Å². The van der Waals surface area contributed by atoms with Crippen molar-refractivity contribution < 1.29 is 24.2 Å². The van der Waals surface area contributed by atoms with Gasteiger partial charge >= 0.3 is 12.1 Å². The van der Waals surface area contributed by atoms with Crippen LogP contribution in [0.1, 0.15) is 50.7 Å². The third kappa shape index (κ3) is 5.10. The Bertz CT molecular complexity index is 956. The zero-order valence-corrected chi connectivity index (χ0v) is 18.7. The van der Waals surface area contributed by atoms with Gasteiger partial charge in [0.05, 0.1) is 0 Å². The molecule has 7 heteroatoms. The molecule has 2 amide bonds. The Morgan fingerprint density at radius 1 is 1.03 bits per heavy atom. The molecule has 3 rings (SSSR count). The average molecular weight is 439 g/mol. The molecule has 2 aromatic carbocycles. The number of ether oxygens (including phenoxy) is 1. The molecule has 32 heavy (non-hydrogen) atoms. The fourth-order valence-corrected chi connectivity index (χ4v) is 3.93. The van der Waals surface area contributed by atoms with Crippen molar-refractivity contribution in [3.63, 3.8) is 0 Å². The van der Waals surface area contributed by atoms with E-state index in [4.69, 9.17) is 9.84 Å². The van der Waals surface area contributed by atoms with Gasteiger partial charge < -0.3 is 20.5 Å². The van der Waals surface area contributed by atoms with Gasteiger partial charge in [-0.05, 0) is 35.1 Å². The maximum Gasteiger partial charge on any atom is 0.407 e. The molecule has 0 radical (unpaired) electrons. The fourth-order valence-electron chi connectivity index (χ4n) is 3.93. The standard InChI is InChI=1S/C25H30N2O5/c1-4-21(22(28)29)27-23(30)25(2,3)13-14-26-24(31)32-15-20-18-11-7-5-9-16(18)17-10-6-8-12-19(17)20/h5-12,20-21H,4,13-15H2,1-3H3,(H,26,31)(H,27,30)(H,28,29)/t21-/m1/s1. The molecular weight excluding hydrogens is 408 g/mol. The van der Waals surface area contributed by atoms with Crippen LogP contribution in [0.3, 0.4) is 0 Å². The summed E-state index contributed by atoms with van der Waals surface area (Å²) in [5.74, 6) is -1.44. The van der Waals surface area contributed by atoms with Crippen LogP contribution in [0.2, 0.25) is 0 Å². The Hall–Kier alpha value is -3.35. The van der Waals surface area contributed by atoms with E-state index in [-0.39, 0.29) is 25.0 Å². The number of aliphatic carboxylic acids is 1. The Labute approximate surface area is 188 Å². The van der Waals surface area contributed by atoms with Crippen molar-refractivity contribution in [2.45, 2.75) is 45.6 Å². The maximum absolute atomic E-state index is 12.4. The second-order valence-electron chi connectivity index (χ2n) is 8.66. The highest BCUT2D eigenvalue weighted by Gasteiger charge is 2.31. The summed E-state index contributed by atoms with van der Waals surface area (Å²) in [5, 5.41) is 14.4. The number of benzene rings is 2. The first-order chi connectivity index (χ1) is 15.2. The molecule has 0 saturated heterocycles. The lowest BCUT2D eigenvalue weighted by Gasteiger charge is -2.25. The molecule has 1 aliphatic carbocycles. The number of hydrogen-bond donors (Lipinski definition) is 3. The molecule has 170 valence electrons. The van der Waals surface area contributed by atoms with E-state index in [0.717, 1.165) is 22.3 Å². The largest absolute Gasteiger partial charge is 0.480 e. The number of nitrogens with one attached hydrogen (secondary N) is 2. The predicted molar refractivity (Wildman–Crippen MR) is 121 cm³/mol. The summed E-state index contributed by atoms with van der Waals surface area (Å²) in [5.41, 5.74) is 3.78. The van der Waals surface area contributed by atoms with Crippen LogP contribution in [0.15, 0.2) is 48.5 Å². The molecule has 0 aromatic heterocycles. The minimum Gasteiger partial charge on any atom is -0.480 e. The Balaban J connectivity index is 1.51. The summed E-state index contributed by atoms with van der Waals surface area (Å²) in [4.78, 5) is 35.9. The molecular formula is C25H30N2O5. The highest BCUT2D eigenvalue weighted by atomic mass is 16.5. The zero-order valence-electron chi connectivity index (χ0n) is 18.7. The molecule has 2 aromatic rings. The molecule has 1 aliphatic rings. The number of fused-ring (bicyclic) bond motifs is 3. The van der Waals surface area contributed by atoms with E-state index in [0.29, 0.717) is 12.8 Å². The molecule has 0 spiro atoms. The van der Waals surface area contributed by atoms with Crippen molar-refractivity contribution in [3.8, 4) is 11.1 Å². The van der Waals surface area contributed by atoms with Crippen LogP contribution < -0.4 is 10.6 Å². The molecule has 1 atom stereocenters. The third-order valence-electron chi connectivity index (χ3n) is 5.99. The van der Waals surface area contributed by atoms with Gasteiger partial charge in [-0.15, -0.1) is 0 Å². The number of hydrogen-bond acceptors (Lipinski definition) is 4. The van der Waals surface area contributed by atoms with Gasteiger partial charge in [0.2, 0.25) is 5.91 Å². The first kappa shape index (κ1) is 23.3. The second kappa shape index (κ2) is 9.85. The fraction of sp³-hybridized carbons (Fsp3) is 0.400. The van der Waals surface area contributed by atoms with E-state index >= 15 is 0 Å². The number of rotatable bonds is 9. The van der Waals surface area contributed by atoms with Crippen molar-refractivity contribution in [3.05, 3.63) is 59.7 Å². The molecule has 0 fully saturated rings. The van der Waals surface area contributed by atoms with Gasteiger partial charge in [-0.25, -0.2) is 9.59 Å². The second-order valence-corrected chi connectivity index (χ2v) is 8.66. The van der Waals surface area contributed by atoms with Crippen LogP contribution in [0.5, 0.6) is 0 Å². The molecule has 0 saturated carbocycles. The van der Waals surface area contributed by atoms with E-state index in [1.54, 1.807) is 20.8 Å². The topological polar surface area (TPSA) is 105 Å². The van der Waals surface area contributed by atoms with Gasteiger partial charge in [0.15, 0.2) is 0 Å². The molecule has 0 unspecified atom stereocenters. The monoisotopic (exact) mass is 438 g/mol. The van der Waals surface area contributed by atoms with Gasteiger partial charge in [-0.2, -0.15) is 0 Å². The highest BCUT2D eigenvalue weighted by Crippen LogP contribution is 2.44. The van der Waals surface area contributed by atoms with Crippen LogP contribution in [-0.2, 0) is 14.3 Å². The molecule has 0 bridgehead atoms. The van der Waals surface area contributed by atoms with Gasteiger partial charge in [0.25, 0.3) is 0 Å². The number of carbonyl (C=O) groups is 3. The van der Waals surface area contributed by atoms with Crippen molar-refractivity contribution >= 4 is 18.0 Å². The number of alkyl carbamates (subject to hydrolysis) is 1. The Morgan fingerprint density at radius 2 is 1.59 bits per heavy atom. The minimum atomic E-state index is -1.06. The lowest BCUT2D eigenvalue weighted by atomic mass is 9.88. The first-order valence-corrected chi connectivity index (χ1v) is 10.9. The van der Waals surface area contributed by atoms with E-state index < -0.39 is 23.5 Å². The van der Waals surface area contributed by atoms with E-state index in [2.05, 4.69) is 34.9 Å². The smallest absolute Gasteiger partial charge is 0.407 e.